The molecule has 1 aromatic heterocycles. The molecule has 2 saturated carbocycles. The maximum absolute atomic E-state index is 13.0. The van der Waals surface area contributed by atoms with Gasteiger partial charge < -0.3 is 15.4 Å². The zero-order chi connectivity index (χ0) is 22.6. The number of amides is 1. The van der Waals surface area contributed by atoms with E-state index in [-0.39, 0.29) is 23.7 Å². The molecule has 1 aliphatic heterocycles. The lowest BCUT2D eigenvalue weighted by Crippen LogP contribution is -2.32. The van der Waals surface area contributed by atoms with Crippen molar-refractivity contribution in [3.8, 4) is 0 Å². The van der Waals surface area contributed by atoms with Crippen molar-refractivity contribution in [1.29, 1.82) is 0 Å². The van der Waals surface area contributed by atoms with Gasteiger partial charge >= 0.3 is 5.97 Å². The Hall–Kier alpha value is -2.93. The summed E-state index contributed by atoms with van der Waals surface area (Å²) in [6.07, 6.45) is 4.06. The summed E-state index contributed by atoms with van der Waals surface area (Å²) in [6.45, 7) is 3.43. The van der Waals surface area contributed by atoms with Gasteiger partial charge in [0.25, 0.3) is 5.91 Å². The maximum Gasteiger partial charge on any atom is 0.336 e. The normalized spacial score (nSPS) is 20.9. The molecule has 166 valence electrons. The van der Waals surface area contributed by atoms with E-state index in [1.807, 2.05) is 30.5 Å². The third-order valence-electron chi connectivity index (χ3n) is 6.46. The van der Waals surface area contributed by atoms with Crippen LogP contribution in [0, 0.1) is 5.92 Å². The molecule has 1 unspecified atom stereocenters. The molecule has 32 heavy (non-hydrogen) atoms. The van der Waals surface area contributed by atoms with Gasteiger partial charge in [0.2, 0.25) is 0 Å². The summed E-state index contributed by atoms with van der Waals surface area (Å²) in [5.41, 5.74) is 4.23. The number of ether oxygens (including phenoxy) is 1. The number of nitrogens with one attached hydrogen (secondary N) is 2. The summed E-state index contributed by atoms with van der Waals surface area (Å²) in [4.78, 5) is 38.6. The van der Waals surface area contributed by atoms with Gasteiger partial charge in [-0.3, -0.25) is 9.59 Å². The predicted octanol–water partition coefficient (Wildman–Crippen LogP) is 4.18. The number of carbonyl (C=O) groups excluding carboxylic acids is 3. The zero-order valence-corrected chi connectivity index (χ0v) is 19.2. The first-order valence-electron chi connectivity index (χ1n) is 11.0. The lowest BCUT2D eigenvalue weighted by atomic mass is 9.78. The first-order valence-corrected chi connectivity index (χ1v) is 11.9. The molecule has 2 fully saturated rings. The van der Waals surface area contributed by atoms with Gasteiger partial charge in [0.05, 0.1) is 18.2 Å². The molecule has 0 spiro atoms. The molecule has 6 nitrogen and oxygen atoms in total. The second-order valence-electron chi connectivity index (χ2n) is 8.87. The second kappa shape index (κ2) is 7.89. The Bertz CT molecular complexity index is 1210. The third-order valence-corrected chi connectivity index (χ3v) is 7.51. The topological polar surface area (TPSA) is 84.5 Å². The quantitative estimate of drug-likeness (QED) is 0.645. The van der Waals surface area contributed by atoms with Crippen LogP contribution in [0.3, 0.4) is 0 Å². The minimum Gasteiger partial charge on any atom is -0.466 e. The van der Waals surface area contributed by atoms with Crippen molar-refractivity contribution < 1.29 is 19.1 Å². The number of hydrogen-bond donors (Lipinski definition) is 2. The van der Waals surface area contributed by atoms with Gasteiger partial charge in [0.15, 0.2) is 5.78 Å². The number of allylic oxidation sites excluding steroid dienone is 3. The van der Waals surface area contributed by atoms with E-state index < -0.39 is 11.9 Å². The van der Waals surface area contributed by atoms with Gasteiger partial charge in [-0.1, -0.05) is 12.1 Å². The monoisotopic (exact) mass is 450 g/mol. The molecular weight excluding hydrogens is 424 g/mol. The van der Waals surface area contributed by atoms with Crippen LogP contribution < -0.4 is 10.6 Å². The van der Waals surface area contributed by atoms with Crippen molar-refractivity contribution >= 4 is 39.1 Å². The Balaban J connectivity index is 1.69. The highest BCUT2D eigenvalue weighted by Crippen LogP contribution is 2.48. The molecule has 3 aliphatic rings. The predicted molar refractivity (Wildman–Crippen MR) is 123 cm³/mol. The van der Waals surface area contributed by atoms with Crippen LogP contribution in [-0.2, 0) is 14.3 Å². The van der Waals surface area contributed by atoms with Crippen LogP contribution in [0.2, 0.25) is 0 Å². The summed E-state index contributed by atoms with van der Waals surface area (Å²) in [5.74, 6) is -0.819. The van der Waals surface area contributed by atoms with E-state index in [1.165, 1.54) is 25.4 Å². The van der Waals surface area contributed by atoms with E-state index in [0.29, 0.717) is 16.7 Å². The standard InChI is InChI=1S/C25H26N2O4S/c1-12-19(13(2)28)20(21(25(30)31-3)22(26-12)14-7-8-14)18-11-32-23-16(18)5-4-6-17(23)24(29)27-15-9-10-15/h4-6,11,14-15,20,26H,7-10H2,1-3H3,(H,27,29). The van der Waals surface area contributed by atoms with Crippen molar-refractivity contribution in [1.82, 2.24) is 10.6 Å². The van der Waals surface area contributed by atoms with Crippen LogP contribution in [0.4, 0.5) is 0 Å². The Labute approximate surface area is 190 Å². The molecule has 0 radical (unpaired) electrons. The second-order valence-corrected chi connectivity index (χ2v) is 9.75. The molecule has 1 atom stereocenters. The number of hydrogen-bond acceptors (Lipinski definition) is 6. The molecule has 5 rings (SSSR count). The summed E-state index contributed by atoms with van der Waals surface area (Å²) in [6, 6.07) is 5.94. The summed E-state index contributed by atoms with van der Waals surface area (Å²) in [7, 11) is 1.38. The maximum atomic E-state index is 13.0. The fourth-order valence-electron chi connectivity index (χ4n) is 4.63. The van der Waals surface area contributed by atoms with Crippen LogP contribution in [-0.4, -0.2) is 30.8 Å². The summed E-state index contributed by atoms with van der Waals surface area (Å²) < 4.78 is 6.05. The first kappa shape index (κ1) is 20.9. The number of rotatable bonds is 6. The molecular formula is C25H26N2O4S. The van der Waals surface area contributed by atoms with Gasteiger partial charge in [-0.25, -0.2) is 4.79 Å². The van der Waals surface area contributed by atoms with E-state index in [4.69, 9.17) is 4.74 Å². The van der Waals surface area contributed by atoms with E-state index in [1.54, 1.807) is 0 Å². The van der Waals surface area contributed by atoms with Crippen molar-refractivity contribution in [2.24, 2.45) is 5.92 Å². The summed E-state index contributed by atoms with van der Waals surface area (Å²) >= 11 is 1.48. The van der Waals surface area contributed by atoms with E-state index in [0.717, 1.165) is 52.7 Å². The number of dihydropyridines is 1. The molecule has 2 N–H and O–H groups in total. The van der Waals surface area contributed by atoms with Crippen molar-refractivity contribution in [2.45, 2.75) is 51.5 Å². The zero-order valence-electron chi connectivity index (χ0n) is 18.4. The average Bonchev–Trinajstić information content (AvgIpc) is 3.70. The largest absolute Gasteiger partial charge is 0.466 e. The number of carbonyl (C=O) groups is 3. The SMILES string of the molecule is COC(=O)C1=C(C2CC2)NC(C)=C(C(C)=O)C1c1csc2c(C(=O)NC3CC3)cccc12. The number of thiophene rings is 1. The Morgan fingerprint density at radius 2 is 1.88 bits per heavy atom. The minimum atomic E-state index is -0.521. The van der Waals surface area contributed by atoms with Gasteiger partial charge in [-0.2, -0.15) is 0 Å². The lowest BCUT2D eigenvalue weighted by molar-refractivity contribution is -0.136. The van der Waals surface area contributed by atoms with Gasteiger partial charge in [-0.05, 0) is 67.8 Å². The van der Waals surface area contributed by atoms with Crippen LogP contribution in [0.1, 0.15) is 61.4 Å². The Morgan fingerprint density at radius 1 is 1.12 bits per heavy atom. The molecule has 1 aromatic carbocycles. The molecule has 2 heterocycles. The van der Waals surface area contributed by atoms with Crippen molar-refractivity contribution in [2.75, 3.05) is 7.11 Å². The van der Waals surface area contributed by atoms with Gasteiger partial charge in [-0.15, -0.1) is 11.3 Å². The molecule has 2 aromatic rings. The van der Waals surface area contributed by atoms with E-state index in [2.05, 4.69) is 10.6 Å². The number of benzene rings is 1. The Kier molecular flexibility index (Phi) is 5.16. The highest BCUT2D eigenvalue weighted by molar-refractivity contribution is 7.17. The fourth-order valence-corrected chi connectivity index (χ4v) is 5.74. The molecule has 2 aliphatic carbocycles. The minimum absolute atomic E-state index is 0.0715. The number of fused-ring (bicyclic) bond motifs is 1. The van der Waals surface area contributed by atoms with Crippen molar-refractivity contribution in [3.05, 3.63) is 57.2 Å². The molecule has 0 saturated heterocycles. The first-order chi connectivity index (χ1) is 15.4. The average molecular weight is 451 g/mol. The van der Waals surface area contributed by atoms with Gasteiger partial charge in [0, 0.05) is 33.6 Å². The smallest absolute Gasteiger partial charge is 0.336 e. The fraction of sp³-hybridized carbons (Fsp3) is 0.400. The van der Waals surface area contributed by atoms with Crippen LogP contribution >= 0.6 is 11.3 Å². The van der Waals surface area contributed by atoms with Crippen LogP contribution in [0.15, 0.2) is 46.1 Å². The van der Waals surface area contributed by atoms with Crippen LogP contribution in [0.25, 0.3) is 10.1 Å². The van der Waals surface area contributed by atoms with E-state index in [9.17, 15) is 14.4 Å². The lowest BCUT2D eigenvalue weighted by Gasteiger charge is -2.31. The number of esters is 1. The molecule has 1 amide bonds. The molecule has 0 bridgehead atoms. The highest BCUT2D eigenvalue weighted by atomic mass is 32.1. The highest BCUT2D eigenvalue weighted by Gasteiger charge is 2.42. The number of ketones is 1. The number of Topliss-reactive ketones (excluding diaryl/α,β-unsaturated/α-hetero) is 1. The number of methoxy groups -OCH3 is 1. The van der Waals surface area contributed by atoms with E-state index >= 15 is 0 Å². The van der Waals surface area contributed by atoms with Gasteiger partial charge in [0.1, 0.15) is 0 Å². The third kappa shape index (κ3) is 3.54. The van der Waals surface area contributed by atoms with Crippen LogP contribution in [0.5, 0.6) is 0 Å². The van der Waals surface area contributed by atoms with Crippen molar-refractivity contribution in [3.63, 3.8) is 0 Å². The Morgan fingerprint density at radius 3 is 2.50 bits per heavy atom. The molecule has 7 heteroatoms. The summed E-state index contributed by atoms with van der Waals surface area (Å²) in [5, 5.41) is 9.29.